The van der Waals surface area contributed by atoms with E-state index in [2.05, 4.69) is 4.90 Å². The highest BCUT2D eigenvalue weighted by molar-refractivity contribution is 5.21. The fourth-order valence-corrected chi connectivity index (χ4v) is 1.46. The van der Waals surface area contributed by atoms with E-state index in [0.717, 1.165) is 25.9 Å². The minimum absolute atomic E-state index is 0.250. The van der Waals surface area contributed by atoms with Crippen LogP contribution in [0.1, 0.15) is 12.8 Å². The summed E-state index contributed by atoms with van der Waals surface area (Å²) < 4.78 is 18.1. The van der Waals surface area contributed by atoms with E-state index in [1.807, 2.05) is 7.05 Å². The molecule has 0 aliphatic carbocycles. The number of halogens is 1. The van der Waals surface area contributed by atoms with E-state index in [1.54, 1.807) is 12.1 Å². The fraction of sp³-hybridized carbons (Fsp3) is 0.538. The lowest BCUT2D eigenvalue weighted by molar-refractivity contribution is 0.225. The number of aliphatic hydroxyl groups is 1. The van der Waals surface area contributed by atoms with Crippen LogP contribution >= 0.6 is 0 Å². The van der Waals surface area contributed by atoms with Crippen LogP contribution in [0.4, 0.5) is 4.39 Å². The van der Waals surface area contributed by atoms with Crippen molar-refractivity contribution in [1.82, 2.24) is 4.90 Å². The van der Waals surface area contributed by atoms with Gasteiger partial charge in [0, 0.05) is 13.2 Å². The van der Waals surface area contributed by atoms with Crippen molar-refractivity contribution in [2.45, 2.75) is 12.8 Å². The molecule has 1 aromatic carbocycles. The predicted octanol–water partition coefficient (Wildman–Crippen LogP) is 1.91. The first-order valence-electron chi connectivity index (χ1n) is 5.90. The van der Waals surface area contributed by atoms with Gasteiger partial charge in [0.25, 0.3) is 0 Å². The molecule has 0 spiro atoms. The molecule has 96 valence electrons. The Bertz CT molecular complexity index is 303. The smallest absolute Gasteiger partial charge is 0.123 e. The number of rotatable bonds is 8. The molecule has 3 nitrogen and oxygen atoms in total. The van der Waals surface area contributed by atoms with Gasteiger partial charge < -0.3 is 14.7 Å². The Labute approximate surface area is 102 Å². The zero-order chi connectivity index (χ0) is 12.5. The summed E-state index contributed by atoms with van der Waals surface area (Å²) in [7, 11) is 2.02. The van der Waals surface area contributed by atoms with Crippen LogP contribution < -0.4 is 4.74 Å². The zero-order valence-electron chi connectivity index (χ0n) is 10.2. The molecule has 4 heteroatoms. The molecule has 1 aromatic rings. The van der Waals surface area contributed by atoms with Gasteiger partial charge in [0.2, 0.25) is 0 Å². The van der Waals surface area contributed by atoms with Gasteiger partial charge in [-0.3, -0.25) is 0 Å². The molecular weight excluding hydrogens is 221 g/mol. The fourth-order valence-electron chi connectivity index (χ4n) is 1.46. The number of aliphatic hydroxyl groups excluding tert-OH is 1. The van der Waals surface area contributed by atoms with Crippen LogP contribution in [0, 0.1) is 5.82 Å². The highest BCUT2D eigenvalue weighted by Gasteiger charge is 1.99. The molecule has 0 aliphatic heterocycles. The molecule has 0 amide bonds. The number of hydrogen-bond acceptors (Lipinski definition) is 3. The highest BCUT2D eigenvalue weighted by Crippen LogP contribution is 2.10. The topological polar surface area (TPSA) is 32.7 Å². The maximum atomic E-state index is 12.6. The molecule has 1 rings (SSSR count). The maximum absolute atomic E-state index is 12.6. The zero-order valence-corrected chi connectivity index (χ0v) is 10.2. The SMILES string of the molecule is CN(CCCCO)CCOc1ccc(F)cc1. The first kappa shape index (κ1) is 13.9. The van der Waals surface area contributed by atoms with E-state index in [0.29, 0.717) is 12.4 Å². The summed E-state index contributed by atoms with van der Waals surface area (Å²) in [4.78, 5) is 2.15. The van der Waals surface area contributed by atoms with Crippen molar-refractivity contribution in [3.05, 3.63) is 30.1 Å². The van der Waals surface area contributed by atoms with Crippen molar-refractivity contribution >= 4 is 0 Å². The predicted molar refractivity (Wildman–Crippen MR) is 65.7 cm³/mol. The number of unbranched alkanes of at least 4 members (excludes halogenated alkanes) is 1. The molecule has 17 heavy (non-hydrogen) atoms. The Kier molecular flexibility index (Phi) is 6.58. The maximum Gasteiger partial charge on any atom is 0.123 e. The van der Waals surface area contributed by atoms with Crippen molar-refractivity contribution in [1.29, 1.82) is 0 Å². The van der Waals surface area contributed by atoms with Gasteiger partial charge in [0.15, 0.2) is 0 Å². The monoisotopic (exact) mass is 241 g/mol. The number of likely N-dealkylation sites (N-methyl/N-ethyl adjacent to an activating group) is 1. The van der Waals surface area contributed by atoms with E-state index in [4.69, 9.17) is 9.84 Å². The third-order valence-corrected chi connectivity index (χ3v) is 2.50. The molecule has 0 aromatic heterocycles. The summed E-state index contributed by atoms with van der Waals surface area (Å²) in [5, 5.41) is 8.65. The molecule has 0 saturated heterocycles. The molecule has 0 unspecified atom stereocenters. The molecule has 0 saturated carbocycles. The first-order chi connectivity index (χ1) is 8.22. The minimum atomic E-state index is -0.251. The molecule has 0 heterocycles. The average molecular weight is 241 g/mol. The van der Waals surface area contributed by atoms with Gasteiger partial charge in [-0.2, -0.15) is 0 Å². The van der Waals surface area contributed by atoms with Crippen LogP contribution in [0.2, 0.25) is 0 Å². The highest BCUT2D eigenvalue weighted by atomic mass is 19.1. The Morgan fingerprint density at radius 1 is 1.18 bits per heavy atom. The van der Waals surface area contributed by atoms with Crippen molar-refractivity contribution in [3.63, 3.8) is 0 Å². The van der Waals surface area contributed by atoms with Crippen LogP contribution in [-0.2, 0) is 0 Å². The van der Waals surface area contributed by atoms with E-state index < -0.39 is 0 Å². The first-order valence-corrected chi connectivity index (χ1v) is 5.90. The third kappa shape index (κ3) is 6.24. The van der Waals surface area contributed by atoms with Crippen LogP contribution in [0.5, 0.6) is 5.75 Å². The molecule has 0 atom stereocenters. The molecular formula is C13H20FNO2. The summed E-state index contributed by atoms with van der Waals surface area (Å²) in [5.41, 5.74) is 0. The van der Waals surface area contributed by atoms with E-state index in [1.165, 1.54) is 12.1 Å². The number of ether oxygens (including phenoxy) is 1. The normalized spacial score (nSPS) is 10.8. The van der Waals surface area contributed by atoms with E-state index >= 15 is 0 Å². The molecule has 0 bridgehead atoms. The van der Waals surface area contributed by atoms with Crippen molar-refractivity contribution in [2.75, 3.05) is 33.4 Å². The second-order valence-electron chi connectivity index (χ2n) is 4.04. The van der Waals surface area contributed by atoms with Gasteiger partial charge in [-0.25, -0.2) is 4.39 Å². The van der Waals surface area contributed by atoms with Gasteiger partial charge in [0.1, 0.15) is 18.2 Å². The standard InChI is InChI=1S/C13H20FNO2/c1-15(8-2-3-10-16)9-11-17-13-6-4-12(14)5-7-13/h4-7,16H,2-3,8-11H2,1H3. The lowest BCUT2D eigenvalue weighted by Gasteiger charge is -2.16. The lowest BCUT2D eigenvalue weighted by atomic mass is 10.3. The number of benzene rings is 1. The van der Waals surface area contributed by atoms with E-state index in [9.17, 15) is 4.39 Å². The molecule has 0 radical (unpaired) electrons. The van der Waals surface area contributed by atoms with Crippen LogP contribution in [0.3, 0.4) is 0 Å². The van der Waals surface area contributed by atoms with Crippen molar-refractivity contribution < 1.29 is 14.2 Å². The molecule has 1 N–H and O–H groups in total. The van der Waals surface area contributed by atoms with Crippen LogP contribution in [0.15, 0.2) is 24.3 Å². The summed E-state index contributed by atoms with van der Waals surface area (Å²) in [6, 6.07) is 6.03. The van der Waals surface area contributed by atoms with Gasteiger partial charge in [-0.1, -0.05) is 0 Å². The Balaban J connectivity index is 2.12. The van der Waals surface area contributed by atoms with Crippen LogP contribution in [0.25, 0.3) is 0 Å². The van der Waals surface area contributed by atoms with Gasteiger partial charge in [0.05, 0.1) is 0 Å². The van der Waals surface area contributed by atoms with Gasteiger partial charge in [-0.05, 0) is 50.7 Å². The summed E-state index contributed by atoms with van der Waals surface area (Å²) >= 11 is 0. The summed E-state index contributed by atoms with van der Waals surface area (Å²) in [5.74, 6) is 0.439. The Hall–Kier alpha value is -1.13. The Morgan fingerprint density at radius 2 is 1.88 bits per heavy atom. The number of nitrogens with zero attached hydrogens (tertiary/aromatic N) is 1. The van der Waals surface area contributed by atoms with Crippen molar-refractivity contribution in [3.8, 4) is 5.75 Å². The summed E-state index contributed by atoms with van der Waals surface area (Å²) in [6.07, 6.45) is 1.83. The quantitative estimate of drug-likeness (QED) is 0.706. The van der Waals surface area contributed by atoms with E-state index in [-0.39, 0.29) is 12.4 Å². The second-order valence-corrected chi connectivity index (χ2v) is 4.04. The largest absolute Gasteiger partial charge is 0.492 e. The molecule has 0 aliphatic rings. The van der Waals surface area contributed by atoms with Crippen molar-refractivity contribution in [2.24, 2.45) is 0 Å². The van der Waals surface area contributed by atoms with Crippen LogP contribution in [-0.4, -0.2) is 43.4 Å². The lowest BCUT2D eigenvalue weighted by Crippen LogP contribution is -2.25. The average Bonchev–Trinajstić information content (AvgIpc) is 2.32. The number of hydrogen-bond donors (Lipinski definition) is 1. The summed E-state index contributed by atoms with van der Waals surface area (Å²) in [6.45, 7) is 2.61. The molecule has 0 fully saturated rings. The van der Waals surface area contributed by atoms with Gasteiger partial charge in [-0.15, -0.1) is 0 Å². The third-order valence-electron chi connectivity index (χ3n) is 2.50. The Morgan fingerprint density at radius 3 is 2.53 bits per heavy atom. The minimum Gasteiger partial charge on any atom is -0.492 e. The second kappa shape index (κ2) is 8.03. The van der Waals surface area contributed by atoms with Gasteiger partial charge >= 0.3 is 0 Å².